The summed E-state index contributed by atoms with van der Waals surface area (Å²) in [6.07, 6.45) is 2.04. The van der Waals surface area contributed by atoms with Gasteiger partial charge in [-0.2, -0.15) is 0 Å². The highest BCUT2D eigenvalue weighted by Crippen LogP contribution is 2.12. The van der Waals surface area contributed by atoms with Gasteiger partial charge < -0.3 is 15.0 Å². The van der Waals surface area contributed by atoms with E-state index in [0.29, 0.717) is 18.7 Å². The number of likely N-dealkylation sites (N-methyl/N-ethyl adjacent to an activating group) is 1. The molecular formula is C21H25FN2O3. The average Bonchev–Trinajstić information content (AvgIpc) is 2.68. The van der Waals surface area contributed by atoms with Crippen LogP contribution in [0, 0.1) is 5.82 Å². The van der Waals surface area contributed by atoms with Gasteiger partial charge in [0.05, 0.1) is 13.2 Å². The van der Waals surface area contributed by atoms with E-state index in [4.69, 9.17) is 4.74 Å². The molecule has 0 saturated carbocycles. The van der Waals surface area contributed by atoms with Gasteiger partial charge in [-0.05, 0) is 48.4 Å². The van der Waals surface area contributed by atoms with Crippen molar-refractivity contribution < 1.29 is 18.7 Å². The Balaban J connectivity index is 1.79. The highest BCUT2D eigenvalue weighted by atomic mass is 19.1. The molecule has 2 aromatic carbocycles. The maximum atomic E-state index is 12.9. The summed E-state index contributed by atoms with van der Waals surface area (Å²) in [7, 11) is 1.64. The second kappa shape index (κ2) is 10.3. The lowest BCUT2D eigenvalue weighted by Gasteiger charge is -2.17. The predicted octanol–water partition coefficient (Wildman–Crippen LogP) is 3.39. The quantitative estimate of drug-likeness (QED) is 0.687. The highest BCUT2D eigenvalue weighted by Gasteiger charge is 2.12. The molecule has 27 heavy (non-hydrogen) atoms. The number of nitrogens with zero attached hydrogens (tertiary/aromatic N) is 1. The third kappa shape index (κ3) is 6.73. The first kappa shape index (κ1) is 20.4. The molecule has 0 aliphatic heterocycles. The van der Waals surface area contributed by atoms with Crippen molar-refractivity contribution in [3.63, 3.8) is 0 Å². The van der Waals surface area contributed by atoms with E-state index < -0.39 is 0 Å². The molecule has 0 aliphatic carbocycles. The van der Waals surface area contributed by atoms with Gasteiger partial charge in [-0.25, -0.2) is 4.39 Å². The van der Waals surface area contributed by atoms with Crippen LogP contribution in [0.3, 0.4) is 0 Å². The third-order valence-electron chi connectivity index (χ3n) is 4.04. The monoisotopic (exact) mass is 372 g/mol. The number of rotatable bonds is 9. The number of benzene rings is 2. The van der Waals surface area contributed by atoms with Gasteiger partial charge in [0.1, 0.15) is 11.6 Å². The van der Waals surface area contributed by atoms with E-state index in [1.807, 2.05) is 0 Å². The molecule has 0 aromatic heterocycles. The Hall–Kier alpha value is -2.89. The number of amides is 2. The van der Waals surface area contributed by atoms with Gasteiger partial charge in [0.25, 0.3) is 5.91 Å². The second-order valence-corrected chi connectivity index (χ2v) is 6.29. The minimum atomic E-state index is -0.321. The number of halogens is 1. The molecule has 2 amide bonds. The van der Waals surface area contributed by atoms with Gasteiger partial charge in [-0.1, -0.05) is 25.5 Å². The topological polar surface area (TPSA) is 58.6 Å². The number of hydrogen-bond donors (Lipinski definition) is 1. The SMILES string of the molecule is CCCCOc1ccc(C(=O)NCC(=O)N(C)Cc2ccc(F)cc2)cc1. The van der Waals surface area contributed by atoms with Crippen molar-refractivity contribution in [1.29, 1.82) is 0 Å². The van der Waals surface area contributed by atoms with Crippen molar-refractivity contribution in [3.05, 3.63) is 65.5 Å². The van der Waals surface area contributed by atoms with E-state index in [0.717, 1.165) is 24.2 Å². The minimum Gasteiger partial charge on any atom is -0.494 e. The first-order valence-corrected chi connectivity index (χ1v) is 8.99. The Morgan fingerprint density at radius 2 is 1.74 bits per heavy atom. The van der Waals surface area contributed by atoms with E-state index in [-0.39, 0.29) is 24.2 Å². The summed E-state index contributed by atoms with van der Waals surface area (Å²) in [5.41, 5.74) is 1.28. The number of unbranched alkanes of at least 4 members (excludes halogenated alkanes) is 1. The van der Waals surface area contributed by atoms with E-state index in [9.17, 15) is 14.0 Å². The lowest BCUT2D eigenvalue weighted by molar-refractivity contribution is -0.129. The van der Waals surface area contributed by atoms with E-state index in [1.165, 1.54) is 17.0 Å². The number of carbonyl (C=O) groups excluding carboxylic acids is 2. The fourth-order valence-corrected chi connectivity index (χ4v) is 2.38. The Kier molecular flexibility index (Phi) is 7.79. The van der Waals surface area contributed by atoms with Crippen LogP contribution in [0.25, 0.3) is 0 Å². The summed E-state index contributed by atoms with van der Waals surface area (Å²) in [4.78, 5) is 25.8. The van der Waals surface area contributed by atoms with Crippen LogP contribution in [0.15, 0.2) is 48.5 Å². The van der Waals surface area contributed by atoms with Crippen molar-refractivity contribution in [2.45, 2.75) is 26.3 Å². The standard InChI is InChI=1S/C21H25FN2O3/c1-3-4-13-27-19-11-7-17(8-12-19)21(26)23-14-20(25)24(2)15-16-5-9-18(22)10-6-16/h5-12H,3-4,13-15H2,1-2H3,(H,23,26). The number of carbonyl (C=O) groups is 2. The molecule has 0 aliphatic rings. The fourth-order valence-electron chi connectivity index (χ4n) is 2.38. The number of hydrogen-bond acceptors (Lipinski definition) is 3. The van der Waals surface area contributed by atoms with Crippen LogP contribution in [-0.2, 0) is 11.3 Å². The van der Waals surface area contributed by atoms with Gasteiger partial charge in [-0.15, -0.1) is 0 Å². The van der Waals surface area contributed by atoms with Gasteiger partial charge in [0, 0.05) is 19.2 Å². The van der Waals surface area contributed by atoms with Crippen molar-refractivity contribution in [3.8, 4) is 5.75 Å². The van der Waals surface area contributed by atoms with Crippen LogP contribution in [0.1, 0.15) is 35.7 Å². The molecule has 144 valence electrons. The molecular weight excluding hydrogens is 347 g/mol. The summed E-state index contributed by atoms with van der Waals surface area (Å²) < 4.78 is 18.5. The van der Waals surface area contributed by atoms with Crippen LogP contribution in [0.2, 0.25) is 0 Å². The van der Waals surface area contributed by atoms with Crippen LogP contribution in [-0.4, -0.2) is 36.9 Å². The summed E-state index contributed by atoms with van der Waals surface area (Å²) in [6.45, 7) is 2.98. The lowest BCUT2D eigenvalue weighted by atomic mass is 10.2. The van der Waals surface area contributed by atoms with E-state index in [2.05, 4.69) is 12.2 Å². The third-order valence-corrected chi connectivity index (χ3v) is 4.04. The van der Waals surface area contributed by atoms with Crippen molar-refractivity contribution in [2.24, 2.45) is 0 Å². The average molecular weight is 372 g/mol. The molecule has 1 N–H and O–H groups in total. The predicted molar refractivity (Wildman–Crippen MR) is 102 cm³/mol. The summed E-state index contributed by atoms with van der Waals surface area (Å²) >= 11 is 0. The van der Waals surface area contributed by atoms with Crippen LogP contribution in [0.5, 0.6) is 5.75 Å². The summed E-state index contributed by atoms with van der Waals surface area (Å²) in [6, 6.07) is 12.8. The Morgan fingerprint density at radius 3 is 2.37 bits per heavy atom. The molecule has 5 nitrogen and oxygen atoms in total. The van der Waals surface area contributed by atoms with Crippen LogP contribution < -0.4 is 10.1 Å². The zero-order valence-electron chi connectivity index (χ0n) is 15.7. The maximum absolute atomic E-state index is 12.9. The first-order valence-electron chi connectivity index (χ1n) is 8.99. The Labute approximate surface area is 159 Å². The second-order valence-electron chi connectivity index (χ2n) is 6.29. The molecule has 0 saturated heterocycles. The zero-order chi connectivity index (χ0) is 19.6. The van der Waals surface area contributed by atoms with Crippen molar-refractivity contribution in [1.82, 2.24) is 10.2 Å². The van der Waals surface area contributed by atoms with Crippen molar-refractivity contribution in [2.75, 3.05) is 20.2 Å². The molecule has 6 heteroatoms. The van der Waals surface area contributed by atoms with Crippen LogP contribution >= 0.6 is 0 Å². The van der Waals surface area contributed by atoms with Gasteiger partial charge in [-0.3, -0.25) is 9.59 Å². The molecule has 0 unspecified atom stereocenters. The largest absolute Gasteiger partial charge is 0.494 e. The lowest BCUT2D eigenvalue weighted by Crippen LogP contribution is -2.37. The first-order chi connectivity index (χ1) is 13.0. The smallest absolute Gasteiger partial charge is 0.251 e. The van der Waals surface area contributed by atoms with Gasteiger partial charge in [0.15, 0.2) is 0 Å². The minimum absolute atomic E-state index is 0.106. The molecule has 0 bridgehead atoms. The Bertz CT molecular complexity index is 745. The van der Waals surface area contributed by atoms with E-state index in [1.54, 1.807) is 43.4 Å². The fraction of sp³-hybridized carbons (Fsp3) is 0.333. The van der Waals surface area contributed by atoms with E-state index >= 15 is 0 Å². The van der Waals surface area contributed by atoms with Crippen LogP contribution in [0.4, 0.5) is 4.39 Å². The molecule has 0 spiro atoms. The molecule has 0 atom stereocenters. The molecule has 0 radical (unpaired) electrons. The van der Waals surface area contributed by atoms with Gasteiger partial charge in [0.2, 0.25) is 5.91 Å². The summed E-state index contributed by atoms with van der Waals surface area (Å²) in [5.74, 6) is -0.150. The van der Waals surface area contributed by atoms with Gasteiger partial charge >= 0.3 is 0 Å². The number of nitrogens with one attached hydrogen (secondary N) is 1. The normalized spacial score (nSPS) is 10.3. The molecule has 0 heterocycles. The molecule has 0 fully saturated rings. The summed E-state index contributed by atoms with van der Waals surface area (Å²) in [5, 5.41) is 2.62. The number of ether oxygens (including phenoxy) is 1. The zero-order valence-corrected chi connectivity index (χ0v) is 15.7. The van der Waals surface area contributed by atoms with Crippen molar-refractivity contribution >= 4 is 11.8 Å². The molecule has 2 rings (SSSR count). The highest BCUT2D eigenvalue weighted by molar-refractivity contribution is 5.96. The molecule has 2 aromatic rings. The maximum Gasteiger partial charge on any atom is 0.251 e. The Morgan fingerprint density at radius 1 is 1.07 bits per heavy atom.